The third kappa shape index (κ3) is 7.08. The van der Waals surface area contributed by atoms with E-state index >= 15 is 0 Å². The van der Waals surface area contributed by atoms with Gasteiger partial charge >= 0.3 is 0 Å². The second kappa shape index (κ2) is 7.40. The highest BCUT2D eigenvalue weighted by molar-refractivity contribution is 5.85. The maximum absolute atomic E-state index is 11.6. The maximum Gasteiger partial charge on any atom is 0.223 e. The molecule has 0 bridgehead atoms. The van der Waals surface area contributed by atoms with Gasteiger partial charge in [0, 0.05) is 25.4 Å². The van der Waals surface area contributed by atoms with Crippen LogP contribution in [0.15, 0.2) is 0 Å². The maximum atomic E-state index is 11.6. The van der Waals surface area contributed by atoms with Crippen molar-refractivity contribution < 1.29 is 9.59 Å². The number of nitrogens with zero attached hydrogens (tertiary/aromatic N) is 1. The van der Waals surface area contributed by atoms with E-state index < -0.39 is 0 Å². The zero-order chi connectivity index (χ0) is 11.8. The number of hydrogen-bond donors (Lipinski definition) is 1. The number of carbonyl (C=O) groups is 2. The summed E-state index contributed by atoms with van der Waals surface area (Å²) in [7, 11) is 3.91. The van der Waals surface area contributed by atoms with Crippen molar-refractivity contribution in [2.75, 3.05) is 27.2 Å². The van der Waals surface area contributed by atoms with E-state index in [1.54, 1.807) is 0 Å². The van der Waals surface area contributed by atoms with Crippen molar-refractivity contribution in [1.29, 1.82) is 0 Å². The van der Waals surface area contributed by atoms with Crippen molar-refractivity contribution in [2.24, 2.45) is 5.92 Å². The summed E-state index contributed by atoms with van der Waals surface area (Å²) < 4.78 is 0. The zero-order valence-electron chi connectivity index (χ0n) is 10.2. The number of amides is 1. The molecule has 0 rings (SSSR count). The lowest BCUT2D eigenvalue weighted by Gasteiger charge is -2.15. The van der Waals surface area contributed by atoms with Crippen molar-refractivity contribution in [3.05, 3.63) is 0 Å². The van der Waals surface area contributed by atoms with E-state index in [0.717, 1.165) is 6.54 Å². The average molecular weight is 214 g/mol. The molecule has 0 radical (unpaired) electrons. The molecular formula is C11H22N2O2. The van der Waals surface area contributed by atoms with Gasteiger partial charge in [0.25, 0.3) is 0 Å². The molecule has 0 aliphatic rings. The SMILES string of the molecule is CCC(CC(C)=O)C(=O)NCCN(C)C. The molecule has 4 nitrogen and oxygen atoms in total. The van der Waals surface area contributed by atoms with Crippen molar-refractivity contribution in [3.63, 3.8) is 0 Å². The van der Waals surface area contributed by atoms with Gasteiger partial charge in [-0.2, -0.15) is 0 Å². The standard InChI is InChI=1S/C11H22N2O2/c1-5-10(8-9(2)14)11(15)12-6-7-13(3)4/h10H,5-8H2,1-4H3,(H,12,15). The lowest BCUT2D eigenvalue weighted by Crippen LogP contribution is -2.36. The Balaban J connectivity index is 3.88. The quantitative estimate of drug-likeness (QED) is 0.677. The van der Waals surface area contributed by atoms with Crippen molar-refractivity contribution >= 4 is 11.7 Å². The van der Waals surface area contributed by atoms with Gasteiger partial charge in [-0.1, -0.05) is 6.92 Å². The van der Waals surface area contributed by atoms with E-state index in [0.29, 0.717) is 19.4 Å². The Bertz CT molecular complexity index is 215. The summed E-state index contributed by atoms with van der Waals surface area (Å²) in [6.07, 6.45) is 1.07. The first-order valence-corrected chi connectivity index (χ1v) is 5.39. The number of rotatable bonds is 7. The van der Waals surface area contributed by atoms with Gasteiger partial charge in [0.2, 0.25) is 5.91 Å². The molecule has 0 aliphatic carbocycles. The van der Waals surface area contributed by atoms with E-state index in [2.05, 4.69) is 5.32 Å². The summed E-state index contributed by atoms with van der Waals surface area (Å²) in [5, 5.41) is 2.84. The summed E-state index contributed by atoms with van der Waals surface area (Å²) in [6.45, 7) is 4.91. The van der Waals surface area contributed by atoms with E-state index in [4.69, 9.17) is 0 Å². The third-order valence-electron chi connectivity index (χ3n) is 2.26. The molecule has 0 saturated heterocycles. The number of ketones is 1. The Hall–Kier alpha value is -0.900. The summed E-state index contributed by atoms with van der Waals surface area (Å²) >= 11 is 0. The molecule has 1 unspecified atom stereocenters. The topological polar surface area (TPSA) is 49.4 Å². The van der Waals surface area contributed by atoms with Crippen LogP contribution in [0.3, 0.4) is 0 Å². The van der Waals surface area contributed by atoms with Crippen LogP contribution in [0, 0.1) is 5.92 Å². The lowest BCUT2D eigenvalue weighted by atomic mass is 9.99. The largest absolute Gasteiger partial charge is 0.355 e. The molecule has 0 aromatic heterocycles. The molecule has 0 spiro atoms. The van der Waals surface area contributed by atoms with Crippen LogP contribution in [-0.2, 0) is 9.59 Å². The Morgan fingerprint density at radius 1 is 1.33 bits per heavy atom. The molecule has 0 aromatic carbocycles. The fourth-order valence-corrected chi connectivity index (χ4v) is 1.32. The number of Topliss-reactive ketones (excluding diaryl/α,β-unsaturated/α-hetero) is 1. The fraction of sp³-hybridized carbons (Fsp3) is 0.818. The van der Waals surface area contributed by atoms with Crippen LogP contribution in [0.1, 0.15) is 26.7 Å². The van der Waals surface area contributed by atoms with Crippen LogP contribution in [0.2, 0.25) is 0 Å². The summed E-state index contributed by atoms with van der Waals surface area (Å²) in [5.74, 6) is -0.0937. The molecule has 0 fully saturated rings. The molecule has 0 aliphatic heterocycles. The van der Waals surface area contributed by atoms with E-state index in [1.165, 1.54) is 6.92 Å². The van der Waals surface area contributed by atoms with Gasteiger partial charge in [-0.25, -0.2) is 0 Å². The van der Waals surface area contributed by atoms with Crippen molar-refractivity contribution in [3.8, 4) is 0 Å². The van der Waals surface area contributed by atoms with Crippen LogP contribution in [0.4, 0.5) is 0 Å². The highest BCUT2D eigenvalue weighted by atomic mass is 16.2. The number of nitrogens with one attached hydrogen (secondary N) is 1. The van der Waals surface area contributed by atoms with Gasteiger partial charge in [-0.3, -0.25) is 4.79 Å². The highest BCUT2D eigenvalue weighted by Gasteiger charge is 2.17. The first-order chi connectivity index (χ1) is 6.97. The minimum Gasteiger partial charge on any atom is -0.355 e. The second-order valence-electron chi connectivity index (χ2n) is 4.11. The predicted octanol–water partition coefficient (Wildman–Crippen LogP) is 0.670. The Labute approximate surface area is 92.0 Å². The number of carbonyl (C=O) groups excluding carboxylic acids is 2. The normalized spacial score (nSPS) is 12.6. The molecule has 15 heavy (non-hydrogen) atoms. The predicted molar refractivity (Wildman–Crippen MR) is 60.6 cm³/mol. The smallest absolute Gasteiger partial charge is 0.223 e. The molecular weight excluding hydrogens is 192 g/mol. The molecule has 1 N–H and O–H groups in total. The Morgan fingerprint density at radius 2 is 1.93 bits per heavy atom. The van der Waals surface area contributed by atoms with E-state index in [1.807, 2.05) is 25.9 Å². The van der Waals surface area contributed by atoms with Crippen LogP contribution >= 0.6 is 0 Å². The first-order valence-electron chi connectivity index (χ1n) is 5.39. The first kappa shape index (κ1) is 14.1. The van der Waals surface area contributed by atoms with Gasteiger partial charge in [0.1, 0.15) is 5.78 Å². The van der Waals surface area contributed by atoms with Gasteiger partial charge in [-0.15, -0.1) is 0 Å². The summed E-state index contributed by atoms with van der Waals surface area (Å²) in [5.41, 5.74) is 0. The molecule has 0 heterocycles. The highest BCUT2D eigenvalue weighted by Crippen LogP contribution is 2.08. The van der Waals surface area contributed by atoms with Gasteiger partial charge in [0.05, 0.1) is 0 Å². The molecule has 88 valence electrons. The van der Waals surface area contributed by atoms with Crippen molar-refractivity contribution in [2.45, 2.75) is 26.7 Å². The van der Waals surface area contributed by atoms with Crippen LogP contribution in [-0.4, -0.2) is 43.8 Å². The Kier molecular flexibility index (Phi) is 6.96. The van der Waals surface area contributed by atoms with Crippen molar-refractivity contribution in [1.82, 2.24) is 10.2 Å². The average Bonchev–Trinajstić information content (AvgIpc) is 2.13. The monoisotopic (exact) mass is 214 g/mol. The lowest BCUT2D eigenvalue weighted by molar-refractivity contribution is -0.128. The van der Waals surface area contributed by atoms with E-state index in [9.17, 15) is 9.59 Å². The molecule has 0 aromatic rings. The molecule has 4 heteroatoms. The second-order valence-corrected chi connectivity index (χ2v) is 4.11. The Morgan fingerprint density at radius 3 is 2.33 bits per heavy atom. The van der Waals surface area contributed by atoms with Crippen LogP contribution in [0.25, 0.3) is 0 Å². The minimum absolute atomic E-state index is 0.00505. The fourth-order valence-electron chi connectivity index (χ4n) is 1.32. The van der Waals surface area contributed by atoms with Gasteiger partial charge in [0.15, 0.2) is 0 Å². The van der Waals surface area contributed by atoms with Gasteiger partial charge < -0.3 is 15.0 Å². The molecule has 0 saturated carbocycles. The van der Waals surface area contributed by atoms with Crippen LogP contribution < -0.4 is 5.32 Å². The molecule has 1 atom stereocenters. The zero-order valence-corrected chi connectivity index (χ0v) is 10.2. The number of likely N-dealkylation sites (N-methyl/N-ethyl adjacent to an activating group) is 1. The van der Waals surface area contributed by atoms with E-state index in [-0.39, 0.29) is 17.6 Å². The third-order valence-corrected chi connectivity index (χ3v) is 2.26. The molecule has 1 amide bonds. The van der Waals surface area contributed by atoms with Gasteiger partial charge in [-0.05, 0) is 27.4 Å². The summed E-state index contributed by atoms with van der Waals surface area (Å²) in [4.78, 5) is 24.5. The number of hydrogen-bond acceptors (Lipinski definition) is 3. The summed E-state index contributed by atoms with van der Waals surface area (Å²) in [6, 6.07) is 0. The van der Waals surface area contributed by atoms with Crippen LogP contribution in [0.5, 0.6) is 0 Å². The minimum atomic E-state index is -0.162.